The highest BCUT2D eigenvalue weighted by atomic mass is 35.5. The fourth-order valence-electron chi connectivity index (χ4n) is 2.56. The van der Waals surface area contributed by atoms with E-state index in [0.717, 1.165) is 24.9 Å². The van der Waals surface area contributed by atoms with Gasteiger partial charge in [-0.15, -0.1) is 0 Å². The molecule has 19 heavy (non-hydrogen) atoms. The molecule has 0 spiro atoms. The van der Waals surface area contributed by atoms with Gasteiger partial charge in [-0.1, -0.05) is 29.3 Å². The fourth-order valence-corrected chi connectivity index (χ4v) is 3.13. The number of carbonyl (C=O) groups excluding carboxylic acids is 1. The van der Waals surface area contributed by atoms with Crippen molar-refractivity contribution in [1.82, 2.24) is 10.2 Å². The molecule has 104 valence electrons. The van der Waals surface area contributed by atoms with E-state index in [-0.39, 0.29) is 18.0 Å². The minimum Gasteiger partial charge on any atom is -0.335 e. The maximum absolute atomic E-state index is 12.3. The van der Waals surface area contributed by atoms with Gasteiger partial charge >= 0.3 is 0 Å². The van der Waals surface area contributed by atoms with Crippen LogP contribution in [0.2, 0.25) is 10.0 Å². The van der Waals surface area contributed by atoms with Crippen molar-refractivity contribution in [2.24, 2.45) is 0 Å². The summed E-state index contributed by atoms with van der Waals surface area (Å²) in [5.41, 5.74) is 0.941. The normalized spacial score (nSPS) is 21.6. The van der Waals surface area contributed by atoms with E-state index >= 15 is 0 Å². The van der Waals surface area contributed by atoms with Crippen LogP contribution < -0.4 is 5.32 Å². The summed E-state index contributed by atoms with van der Waals surface area (Å²) in [5.74, 6) is 0.146. The summed E-state index contributed by atoms with van der Waals surface area (Å²) < 4.78 is 0. The maximum atomic E-state index is 12.3. The standard InChI is InChI=1S/C14H18Cl2N2O/c1-9(11-6-5-10(15)8-12(11)16)18-7-3-4-13(17-2)14(18)19/h5-6,8-9,13,17H,3-4,7H2,1-2H3. The predicted molar refractivity (Wildman–Crippen MR) is 78.7 cm³/mol. The molecule has 1 heterocycles. The average molecular weight is 301 g/mol. The summed E-state index contributed by atoms with van der Waals surface area (Å²) in [4.78, 5) is 14.2. The Morgan fingerprint density at radius 2 is 2.16 bits per heavy atom. The van der Waals surface area contributed by atoms with Crippen molar-refractivity contribution in [3.8, 4) is 0 Å². The number of rotatable bonds is 3. The van der Waals surface area contributed by atoms with Gasteiger partial charge in [0.1, 0.15) is 0 Å². The lowest BCUT2D eigenvalue weighted by Gasteiger charge is -2.37. The maximum Gasteiger partial charge on any atom is 0.240 e. The molecule has 0 bridgehead atoms. The molecule has 1 amide bonds. The molecule has 1 aliphatic heterocycles. The Morgan fingerprint density at radius 1 is 1.42 bits per heavy atom. The largest absolute Gasteiger partial charge is 0.335 e. The van der Waals surface area contributed by atoms with Gasteiger partial charge in [-0.3, -0.25) is 4.79 Å². The fraction of sp³-hybridized carbons (Fsp3) is 0.500. The van der Waals surface area contributed by atoms with E-state index in [1.807, 2.05) is 31.0 Å². The summed E-state index contributed by atoms with van der Waals surface area (Å²) in [6.45, 7) is 2.78. The molecular formula is C14H18Cl2N2O. The van der Waals surface area contributed by atoms with E-state index in [1.165, 1.54) is 0 Å². The zero-order chi connectivity index (χ0) is 14.0. The monoisotopic (exact) mass is 300 g/mol. The number of carbonyl (C=O) groups is 1. The van der Waals surface area contributed by atoms with Crippen molar-refractivity contribution in [3.05, 3.63) is 33.8 Å². The zero-order valence-corrected chi connectivity index (χ0v) is 12.6. The first kappa shape index (κ1) is 14.6. The van der Waals surface area contributed by atoms with Gasteiger partial charge in [0.2, 0.25) is 5.91 Å². The third-order valence-electron chi connectivity index (χ3n) is 3.70. The average Bonchev–Trinajstić information content (AvgIpc) is 2.38. The molecule has 1 aromatic carbocycles. The summed E-state index contributed by atoms with van der Waals surface area (Å²) in [5, 5.41) is 4.29. The summed E-state index contributed by atoms with van der Waals surface area (Å²) >= 11 is 12.1. The van der Waals surface area contributed by atoms with Crippen LogP contribution in [0, 0.1) is 0 Å². The number of nitrogens with zero attached hydrogens (tertiary/aromatic N) is 1. The van der Waals surface area contributed by atoms with Gasteiger partial charge in [0.05, 0.1) is 12.1 Å². The highest BCUT2D eigenvalue weighted by Crippen LogP contribution is 2.31. The molecule has 1 aromatic rings. The van der Waals surface area contributed by atoms with E-state index in [0.29, 0.717) is 10.0 Å². The van der Waals surface area contributed by atoms with Crippen molar-refractivity contribution in [2.45, 2.75) is 31.8 Å². The van der Waals surface area contributed by atoms with Crippen molar-refractivity contribution in [2.75, 3.05) is 13.6 Å². The number of amides is 1. The molecule has 1 N–H and O–H groups in total. The van der Waals surface area contributed by atoms with Crippen LogP contribution >= 0.6 is 23.2 Å². The Bertz CT molecular complexity index is 479. The topological polar surface area (TPSA) is 32.3 Å². The van der Waals surface area contributed by atoms with Crippen LogP contribution in [0.3, 0.4) is 0 Å². The molecule has 2 rings (SSSR count). The SMILES string of the molecule is CNC1CCCN(C(C)c2ccc(Cl)cc2Cl)C1=O. The molecule has 0 aliphatic carbocycles. The molecule has 0 saturated carbocycles. The van der Waals surface area contributed by atoms with Crippen molar-refractivity contribution >= 4 is 29.1 Å². The second kappa shape index (κ2) is 6.12. The number of benzene rings is 1. The van der Waals surface area contributed by atoms with Crippen LogP contribution in [-0.4, -0.2) is 30.4 Å². The first-order valence-corrected chi connectivity index (χ1v) is 7.23. The van der Waals surface area contributed by atoms with Crippen LogP contribution in [0.25, 0.3) is 0 Å². The van der Waals surface area contributed by atoms with Crippen LogP contribution in [0.15, 0.2) is 18.2 Å². The number of hydrogen-bond donors (Lipinski definition) is 1. The van der Waals surface area contributed by atoms with Gasteiger partial charge < -0.3 is 10.2 Å². The van der Waals surface area contributed by atoms with Gasteiger partial charge in [-0.2, -0.15) is 0 Å². The Labute approximate surface area is 123 Å². The van der Waals surface area contributed by atoms with E-state index in [2.05, 4.69) is 5.32 Å². The van der Waals surface area contributed by atoms with Gasteiger partial charge in [-0.25, -0.2) is 0 Å². The van der Waals surface area contributed by atoms with E-state index in [1.54, 1.807) is 6.07 Å². The Hall–Kier alpha value is -0.770. The lowest BCUT2D eigenvalue weighted by molar-refractivity contribution is -0.138. The quantitative estimate of drug-likeness (QED) is 0.929. The number of nitrogens with one attached hydrogen (secondary N) is 1. The Kier molecular flexibility index (Phi) is 4.71. The summed E-state index contributed by atoms with van der Waals surface area (Å²) in [7, 11) is 1.83. The predicted octanol–water partition coefficient (Wildman–Crippen LogP) is 3.26. The first-order valence-electron chi connectivity index (χ1n) is 6.47. The molecule has 2 atom stereocenters. The van der Waals surface area contributed by atoms with Crippen molar-refractivity contribution < 1.29 is 4.79 Å². The van der Waals surface area contributed by atoms with Crippen molar-refractivity contribution in [3.63, 3.8) is 0 Å². The minimum absolute atomic E-state index is 0.0339. The Balaban J connectivity index is 2.23. The number of piperidine rings is 1. The molecule has 1 fully saturated rings. The van der Waals surface area contributed by atoms with Crippen LogP contribution in [0.1, 0.15) is 31.4 Å². The smallest absolute Gasteiger partial charge is 0.240 e. The highest BCUT2D eigenvalue weighted by Gasteiger charge is 2.31. The van der Waals surface area contributed by atoms with Crippen molar-refractivity contribution in [1.29, 1.82) is 0 Å². The van der Waals surface area contributed by atoms with Gasteiger partial charge in [-0.05, 0) is 44.5 Å². The van der Waals surface area contributed by atoms with Crippen LogP contribution in [0.4, 0.5) is 0 Å². The van der Waals surface area contributed by atoms with Gasteiger partial charge in [0.15, 0.2) is 0 Å². The Morgan fingerprint density at radius 3 is 2.79 bits per heavy atom. The van der Waals surface area contributed by atoms with Gasteiger partial charge in [0.25, 0.3) is 0 Å². The number of hydrogen-bond acceptors (Lipinski definition) is 2. The lowest BCUT2D eigenvalue weighted by Crippen LogP contribution is -2.50. The van der Waals surface area contributed by atoms with Gasteiger partial charge in [0, 0.05) is 16.6 Å². The van der Waals surface area contributed by atoms with Crippen LogP contribution in [-0.2, 0) is 4.79 Å². The molecule has 0 radical (unpaired) electrons. The number of likely N-dealkylation sites (tertiary alicyclic amines) is 1. The minimum atomic E-state index is -0.0812. The summed E-state index contributed by atoms with van der Waals surface area (Å²) in [6, 6.07) is 5.31. The zero-order valence-electron chi connectivity index (χ0n) is 11.1. The molecular weight excluding hydrogens is 283 g/mol. The number of halogens is 2. The second-order valence-corrected chi connectivity index (χ2v) is 5.70. The van der Waals surface area contributed by atoms with E-state index in [4.69, 9.17) is 23.2 Å². The van der Waals surface area contributed by atoms with E-state index in [9.17, 15) is 4.79 Å². The first-order chi connectivity index (χ1) is 9.04. The second-order valence-electron chi connectivity index (χ2n) is 4.86. The molecule has 1 saturated heterocycles. The lowest BCUT2D eigenvalue weighted by atomic mass is 9.99. The molecule has 0 aromatic heterocycles. The highest BCUT2D eigenvalue weighted by molar-refractivity contribution is 6.35. The molecule has 2 unspecified atom stereocenters. The molecule has 3 nitrogen and oxygen atoms in total. The third kappa shape index (κ3) is 3.04. The number of likely N-dealkylation sites (N-methyl/N-ethyl adjacent to an activating group) is 1. The van der Waals surface area contributed by atoms with E-state index < -0.39 is 0 Å². The molecule has 5 heteroatoms. The molecule has 1 aliphatic rings. The van der Waals surface area contributed by atoms with Crippen LogP contribution in [0.5, 0.6) is 0 Å². The summed E-state index contributed by atoms with van der Waals surface area (Å²) in [6.07, 6.45) is 1.90. The third-order valence-corrected chi connectivity index (χ3v) is 4.26.